The van der Waals surface area contributed by atoms with E-state index in [0.717, 1.165) is 63.5 Å². The standard InChI is InChI=1S/C21H21N3O2S3/c1-2-3-9-29(26)21-18(22)17-15(14-6-4-5-13(10-14)12-25)11-16(24-20(17)28-21)19-23-7-8-27-19/h4-6,10-12H,2-3,7-9,22H2,1H3. The molecule has 5 nitrogen and oxygen atoms in total. The molecular weight excluding hydrogens is 422 g/mol. The second kappa shape index (κ2) is 8.77. The van der Waals surface area contributed by atoms with Crippen molar-refractivity contribution in [3.63, 3.8) is 0 Å². The van der Waals surface area contributed by atoms with Crippen molar-refractivity contribution in [2.24, 2.45) is 4.99 Å². The average molecular weight is 444 g/mol. The lowest BCUT2D eigenvalue weighted by Gasteiger charge is -2.09. The van der Waals surface area contributed by atoms with E-state index < -0.39 is 10.8 Å². The van der Waals surface area contributed by atoms with E-state index in [9.17, 15) is 9.00 Å². The Morgan fingerprint density at radius 2 is 2.17 bits per heavy atom. The molecule has 0 amide bonds. The molecule has 1 aliphatic rings. The van der Waals surface area contributed by atoms with Crippen LogP contribution in [-0.4, -0.2) is 38.6 Å². The van der Waals surface area contributed by atoms with Gasteiger partial charge in [-0.15, -0.1) is 23.1 Å². The highest BCUT2D eigenvalue weighted by molar-refractivity contribution is 8.14. The first-order chi connectivity index (χ1) is 14.1. The van der Waals surface area contributed by atoms with Gasteiger partial charge in [0.1, 0.15) is 20.4 Å². The summed E-state index contributed by atoms with van der Waals surface area (Å²) >= 11 is 3.09. The second-order valence-corrected chi connectivity index (χ2v) is 10.6. The number of hydrogen-bond acceptors (Lipinski definition) is 7. The van der Waals surface area contributed by atoms with Crippen LogP contribution in [0.25, 0.3) is 21.3 Å². The normalized spacial score (nSPS) is 14.9. The topological polar surface area (TPSA) is 85.4 Å². The molecule has 3 aromatic rings. The largest absolute Gasteiger partial charge is 0.396 e. The minimum atomic E-state index is -1.14. The highest BCUT2D eigenvalue weighted by Crippen LogP contribution is 2.42. The SMILES string of the molecule is CCCCS(=O)c1sc2nc(C3=NCCS3)cc(-c3cccc(C=O)c3)c2c1N. The maximum Gasteiger partial charge on any atom is 0.150 e. The maximum absolute atomic E-state index is 12.8. The Labute approximate surface area is 180 Å². The number of thioether (sulfide) groups is 1. The lowest BCUT2D eigenvalue weighted by Crippen LogP contribution is -2.00. The molecule has 2 aromatic heterocycles. The number of aliphatic imine (C=N–C) groups is 1. The van der Waals surface area contributed by atoms with Gasteiger partial charge in [-0.25, -0.2) is 4.98 Å². The lowest BCUT2D eigenvalue weighted by molar-refractivity contribution is 0.112. The smallest absolute Gasteiger partial charge is 0.150 e. The first-order valence-corrected chi connectivity index (χ1v) is 12.6. The van der Waals surface area contributed by atoms with E-state index in [4.69, 9.17) is 10.7 Å². The Bertz CT molecular complexity index is 1140. The number of thiophene rings is 1. The summed E-state index contributed by atoms with van der Waals surface area (Å²) in [6.07, 6.45) is 2.71. The predicted octanol–water partition coefficient (Wildman–Crippen LogP) is 4.76. The number of benzene rings is 1. The first-order valence-electron chi connectivity index (χ1n) is 9.47. The van der Waals surface area contributed by atoms with E-state index >= 15 is 0 Å². The van der Waals surface area contributed by atoms with Crippen LogP contribution in [-0.2, 0) is 10.8 Å². The average Bonchev–Trinajstić information content (AvgIpc) is 3.40. The third kappa shape index (κ3) is 4.01. The predicted molar refractivity (Wildman–Crippen MR) is 125 cm³/mol. The summed E-state index contributed by atoms with van der Waals surface area (Å²) in [5, 5.41) is 1.73. The van der Waals surface area contributed by atoms with Gasteiger partial charge in [-0.3, -0.25) is 14.0 Å². The van der Waals surface area contributed by atoms with Gasteiger partial charge in [0, 0.05) is 29.0 Å². The van der Waals surface area contributed by atoms with E-state index in [1.165, 1.54) is 11.3 Å². The number of carbonyl (C=O) groups excluding carboxylic acids is 1. The molecule has 3 heterocycles. The zero-order chi connectivity index (χ0) is 20.4. The van der Waals surface area contributed by atoms with Gasteiger partial charge in [0.15, 0.2) is 0 Å². The summed E-state index contributed by atoms with van der Waals surface area (Å²) < 4.78 is 13.5. The van der Waals surface area contributed by atoms with E-state index in [1.807, 2.05) is 24.3 Å². The van der Waals surface area contributed by atoms with Crippen LogP contribution >= 0.6 is 23.1 Å². The number of hydrogen-bond donors (Lipinski definition) is 1. The molecular formula is C21H21N3O2S3. The van der Waals surface area contributed by atoms with Crippen molar-refractivity contribution >= 4 is 61.1 Å². The van der Waals surface area contributed by atoms with Crippen molar-refractivity contribution in [1.82, 2.24) is 4.98 Å². The van der Waals surface area contributed by atoms with Crippen LogP contribution < -0.4 is 5.73 Å². The van der Waals surface area contributed by atoms with Crippen molar-refractivity contribution in [1.29, 1.82) is 0 Å². The number of nitrogens with two attached hydrogens (primary N) is 1. The van der Waals surface area contributed by atoms with Crippen LogP contribution in [0.3, 0.4) is 0 Å². The number of carbonyl (C=O) groups is 1. The van der Waals surface area contributed by atoms with E-state index in [-0.39, 0.29) is 0 Å². The van der Waals surface area contributed by atoms with Gasteiger partial charge in [-0.05, 0) is 29.7 Å². The molecule has 29 heavy (non-hydrogen) atoms. The molecule has 1 aliphatic heterocycles. The maximum atomic E-state index is 12.8. The van der Waals surface area contributed by atoms with Crippen LogP contribution in [0.2, 0.25) is 0 Å². The number of rotatable bonds is 7. The summed E-state index contributed by atoms with van der Waals surface area (Å²) in [5.41, 5.74) is 10.2. The number of anilines is 1. The summed E-state index contributed by atoms with van der Waals surface area (Å²) in [7, 11) is -1.14. The molecule has 0 aliphatic carbocycles. The third-order valence-electron chi connectivity index (χ3n) is 4.69. The molecule has 0 saturated carbocycles. The number of fused-ring (bicyclic) bond motifs is 1. The fourth-order valence-corrected chi connectivity index (χ4v) is 6.85. The molecule has 8 heteroatoms. The molecule has 0 radical (unpaired) electrons. The molecule has 1 atom stereocenters. The van der Waals surface area contributed by atoms with Gasteiger partial charge in [-0.2, -0.15) is 0 Å². The molecule has 0 saturated heterocycles. The molecule has 4 rings (SSSR count). The van der Waals surface area contributed by atoms with E-state index in [0.29, 0.717) is 21.2 Å². The summed E-state index contributed by atoms with van der Waals surface area (Å²) in [6, 6.07) is 9.43. The summed E-state index contributed by atoms with van der Waals surface area (Å²) in [4.78, 5) is 21.4. The van der Waals surface area contributed by atoms with Crippen molar-refractivity contribution in [2.75, 3.05) is 23.8 Å². The molecule has 0 fully saturated rings. The number of nitrogens with zero attached hydrogens (tertiary/aromatic N) is 2. The van der Waals surface area contributed by atoms with Gasteiger partial charge < -0.3 is 5.73 Å². The Kier molecular flexibility index (Phi) is 6.12. The molecule has 2 N–H and O–H groups in total. The Morgan fingerprint density at radius 3 is 2.90 bits per heavy atom. The van der Waals surface area contributed by atoms with Crippen molar-refractivity contribution in [2.45, 2.75) is 24.0 Å². The number of unbranched alkanes of at least 4 members (excludes halogenated alkanes) is 1. The zero-order valence-electron chi connectivity index (χ0n) is 16.0. The Morgan fingerprint density at radius 1 is 1.31 bits per heavy atom. The molecule has 150 valence electrons. The van der Waals surface area contributed by atoms with Crippen LogP contribution in [0, 0.1) is 0 Å². The number of aromatic nitrogens is 1. The van der Waals surface area contributed by atoms with Gasteiger partial charge in [0.25, 0.3) is 0 Å². The highest BCUT2D eigenvalue weighted by atomic mass is 32.2. The minimum Gasteiger partial charge on any atom is -0.396 e. The van der Waals surface area contributed by atoms with Crippen LogP contribution in [0.1, 0.15) is 35.8 Å². The molecule has 0 bridgehead atoms. The van der Waals surface area contributed by atoms with E-state index in [1.54, 1.807) is 17.8 Å². The Hall–Kier alpha value is -2.03. The quantitative estimate of drug-likeness (QED) is 0.532. The van der Waals surface area contributed by atoms with Gasteiger partial charge in [0.2, 0.25) is 0 Å². The Balaban J connectivity index is 1.94. The summed E-state index contributed by atoms with van der Waals surface area (Å²) in [6.45, 7) is 2.87. The van der Waals surface area contributed by atoms with Gasteiger partial charge >= 0.3 is 0 Å². The number of nitrogen functional groups attached to an aromatic ring is 1. The lowest BCUT2D eigenvalue weighted by atomic mass is 10.0. The fourth-order valence-electron chi connectivity index (χ4n) is 3.24. The summed E-state index contributed by atoms with van der Waals surface area (Å²) in [5.74, 6) is 1.54. The van der Waals surface area contributed by atoms with Gasteiger partial charge in [-0.1, -0.05) is 31.5 Å². The van der Waals surface area contributed by atoms with Crippen LogP contribution in [0.15, 0.2) is 39.5 Å². The van der Waals surface area contributed by atoms with E-state index in [2.05, 4.69) is 11.9 Å². The van der Waals surface area contributed by atoms with Crippen molar-refractivity contribution in [3.8, 4) is 11.1 Å². The number of pyridine rings is 1. The second-order valence-electron chi connectivity index (χ2n) is 6.72. The first kappa shape index (κ1) is 20.3. The minimum absolute atomic E-state index is 0.533. The molecule has 0 spiro atoms. The molecule has 1 aromatic carbocycles. The highest BCUT2D eigenvalue weighted by Gasteiger charge is 2.22. The van der Waals surface area contributed by atoms with Crippen LogP contribution in [0.4, 0.5) is 5.69 Å². The fraction of sp³-hybridized carbons (Fsp3) is 0.286. The van der Waals surface area contributed by atoms with Crippen molar-refractivity contribution in [3.05, 3.63) is 41.6 Å². The molecule has 1 unspecified atom stereocenters. The monoisotopic (exact) mass is 443 g/mol. The van der Waals surface area contributed by atoms with Crippen LogP contribution in [0.5, 0.6) is 0 Å². The van der Waals surface area contributed by atoms with Crippen molar-refractivity contribution < 1.29 is 9.00 Å². The van der Waals surface area contributed by atoms with Gasteiger partial charge in [0.05, 0.1) is 22.2 Å². The number of aldehydes is 1. The zero-order valence-corrected chi connectivity index (χ0v) is 18.5. The third-order valence-corrected chi connectivity index (χ3v) is 8.69.